The number of benzene rings is 2. The second kappa shape index (κ2) is 11.3. The van der Waals surface area contributed by atoms with Crippen LogP contribution in [-0.2, 0) is 25.7 Å². The molecule has 2 atom stereocenters. The number of halogens is 1. The molecule has 2 amide bonds. The van der Waals surface area contributed by atoms with Crippen molar-refractivity contribution in [2.24, 2.45) is 5.92 Å². The Kier molecular flexibility index (Phi) is 8.22. The highest BCUT2D eigenvalue weighted by molar-refractivity contribution is 8.03. The first-order chi connectivity index (χ1) is 16.0. The number of amides is 2. The third-order valence-corrected chi connectivity index (χ3v) is 6.01. The Labute approximate surface area is 195 Å². The summed E-state index contributed by atoms with van der Waals surface area (Å²) in [5.74, 6) is -5.19. The van der Waals surface area contributed by atoms with Crippen LogP contribution >= 0.6 is 11.8 Å². The van der Waals surface area contributed by atoms with Crippen molar-refractivity contribution in [3.8, 4) is 6.07 Å². The summed E-state index contributed by atoms with van der Waals surface area (Å²) in [4.78, 5) is 37.7. The van der Waals surface area contributed by atoms with Gasteiger partial charge in [-0.2, -0.15) is 5.26 Å². The van der Waals surface area contributed by atoms with Gasteiger partial charge in [-0.25, -0.2) is 4.39 Å². The fraction of sp³-hybridized carbons (Fsp3) is 0.250. The van der Waals surface area contributed by atoms with Gasteiger partial charge in [0.25, 0.3) is 0 Å². The lowest BCUT2D eigenvalue weighted by Gasteiger charge is -2.31. The molecule has 2 N–H and O–H groups in total. The molecule has 1 heterocycles. The summed E-state index contributed by atoms with van der Waals surface area (Å²) in [5.41, 5.74) is 0.961. The van der Waals surface area contributed by atoms with Gasteiger partial charge >= 0.3 is 5.97 Å². The van der Waals surface area contributed by atoms with E-state index in [0.29, 0.717) is 6.54 Å². The molecule has 0 spiro atoms. The number of esters is 1. The van der Waals surface area contributed by atoms with Crippen molar-refractivity contribution in [3.05, 3.63) is 82.1 Å². The van der Waals surface area contributed by atoms with Gasteiger partial charge in [0.15, 0.2) is 0 Å². The van der Waals surface area contributed by atoms with E-state index in [1.807, 2.05) is 36.4 Å². The average Bonchev–Trinajstić information content (AvgIpc) is 2.82. The van der Waals surface area contributed by atoms with E-state index in [1.54, 1.807) is 13.0 Å². The molecule has 0 bridgehead atoms. The van der Waals surface area contributed by atoms with Crippen LogP contribution in [0.3, 0.4) is 0 Å². The van der Waals surface area contributed by atoms with Gasteiger partial charge in [0, 0.05) is 12.5 Å². The molecule has 0 saturated heterocycles. The molecule has 0 radical (unpaired) electrons. The summed E-state index contributed by atoms with van der Waals surface area (Å²) in [6.07, 6.45) is 0. The molecule has 0 fully saturated rings. The minimum Gasteiger partial charge on any atom is -0.465 e. The third kappa shape index (κ3) is 5.79. The number of thioether (sulfide) groups is 1. The molecule has 0 aromatic heterocycles. The molecule has 1 aliphatic heterocycles. The number of nitriles is 1. The Morgan fingerprint density at radius 1 is 1.18 bits per heavy atom. The van der Waals surface area contributed by atoms with Crippen LogP contribution in [0.15, 0.2) is 65.2 Å². The van der Waals surface area contributed by atoms with Crippen LogP contribution in [0.4, 0.5) is 4.39 Å². The van der Waals surface area contributed by atoms with Crippen LogP contribution < -0.4 is 10.6 Å². The van der Waals surface area contributed by atoms with Crippen molar-refractivity contribution in [1.82, 2.24) is 10.6 Å². The summed E-state index contributed by atoms with van der Waals surface area (Å²) >= 11 is 0.947. The van der Waals surface area contributed by atoms with Crippen LogP contribution in [-0.4, -0.2) is 30.1 Å². The van der Waals surface area contributed by atoms with Gasteiger partial charge in [-0.1, -0.05) is 60.3 Å². The molecule has 170 valence electrons. The fourth-order valence-corrected chi connectivity index (χ4v) is 4.35. The summed E-state index contributed by atoms with van der Waals surface area (Å²) < 4.78 is 19.7. The van der Waals surface area contributed by atoms with Crippen molar-refractivity contribution in [2.45, 2.75) is 19.4 Å². The highest BCUT2D eigenvalue weighted by atomic mass is 32.2. The van der Waals surface area contributed by atoms with Gasteiger partial charge in [0.2, 0.25) is 11.8 Å². The fourth-order valence-electron chi connectivity index (χ4n) is 3.47. The first-order valence-electron chi connectivity index (χ1n) is 10.3. The van der Waals surface area contributed by atoms with E-state index in [2.05, 4.69) is 10.6 Å². The standard InChI is InChI=1S/C24H22FN3O4S/c1-2-32-24(31)21-20(16-10-6-7-11-18(16)25)17(12-26)23(28-22(21)30)33-14-19(29)27-13-15-8-4-3-5-9-15/h3-11,20-21H,2,13-14H2,1H3,(H,27,29)(H,28,30)/t20-,21+/m0/s1. The molecule has 2 aromatic carbocycles. The van der Waals surface area contributed by atoms with Crippen molar-refractivity contribution in [2.75, 3.05) is 12.4 Å². The molecule has 7 nitrogen and oxygen atoms in total. The molecule has 2 aromatic rings. The van der Waals surface area contributed by atoms with Crippen LogP contribution in [0.5, 0.6) is 0 Å². The van der Waals surface area contributed by atoms with Crippen molar-refractivity contribution < 1.29 is 23.5 Å². The van der Waals surface area contributed by atoms with Gasteiger partial charge in [0.05, 0.1) is 29.0 Å². The Morgan fingerprint density at radius 3 is 2.55 bits per heavy atom. The second-order valence-corrected chi connectivity index (χ2v) is 8.11. The quantitative estimate of drug-likeness (QED) is 0.456. The zero-order valence-electron chi connectivity index (χ0n) is 17.8. The molecule has 0 saturated carbocycles. The second-order valence-electron chi connectivity index (χ2n) is 7.12. The molecule has 0 unspecified atom stereocenters. The van der Waals surface area contributed by atoms with E-state index in [0.717, 1.165) is 17.3 Å². The van der Waals surface area contributed by atoms with Crippen LogP contribution in [0, 0.1) is 23.1 Å². The molecule has 3 rings (SSSR count). The Hall–Kier alpha value is -3.64. The van der Waals surface area contributed by atoms with E-state index in [9.17, 15) is 24.0 Å². The first-order valence-corrected chi connectivity index (χ1v) is 11.2. The van der Waals surface area contributed by atoms with E-state index >= 15 is 0 Å². The maximum absolute atomic E-state index is 14.6. The van der Waals surface area contributed by atoms with Crippen LogP contribution in [0.1, 0.15) is 24.0 Å². The van der Waals surface area contributed by atoms with Gasteiger partial charge in [0.1, 0.15) is 11.7 Å². The minimum atomic E-state index is -1.42. The number of allylic oxidation sites excluding steroid dienone is 1. The Morgan fingerprint density at radius 2 is 1.88 bits per heavy atom. The normalized spacial score (nSPS) is 17.7. The SMILES string of the molecule is CCOC(=O)[C@H]1C(=O)NC(SCC(=O)NCc2ccccc2)=C(C#N)[C@@H]1c1ccccc1F. The van der Waals surface area contributed by atoms with E-state index < -0.39 is 29.5 Å². The Bertz CT molecular complexity index is 1110. The number of carbonyl (C=O) groups is 3. The highest BCUT2D eigenvalue weighted by Crippen LogP contribution is 2.41. The number of nitrogens with zero attached hydrogens (tertiary/aromatic N) is 1. The summed E-state index contributed by atoms with van der Waals surface area (Å²) in [7, 11) is 0. The van der Waals surface area contributed by atoms with E-state index in [1.165, 1.54) is 18.2 Å². The smallest absolute Gasteiger partial charge is 0.319 e. The first kappa shape index (κ1) is 24.0. The van der Waals surface area contributed by atoms with Crippen LogP contribution in [0.25, 0.3) is 0 Å². The van der Waals surface area contributed by atoms with Crippen molar-refractivity contribution in [3.63, 3.8) is 0 Å². The predicted octanol–water partition coefficient (Wildman–Crippen LogP) is 3.00. The number of hydrogen-bond donors (Lipinski definition) is 2. The van der Waals surface area contributed by atoms with E-state index in [4.69, 9.17) is 4.74 Å². The number of nitrogens with one attached hydrogen (secondary N) is 2. The van der Waals surface area contributed by atoms with Crippen LogP contribution in [0.2, 0.25) is 0 Å². The third-order valence-electron chi connectivity index (χ3n) is 4.99. The predicted molar refractivity (Wildman–Crippen MR) is 121 cm³/mol. The monoisotopic (exact) mass is 467 g/mol. The largest absolute Gasteiger partial charge is 0.465 e. The van der Waals surface area contributed by atoms with Crippen molar-refractivity contribution in [1.29, 1.82) is 5.26 Å². The lowest BCUT2D eigenvalue weighted by atomic mass is 9.78. The molecule has 1 aliphatic rings. The van der Waals surface area contributed by atoms with Gasteiger partial charge < -0.3 is 15.4 Å². The number of carbonyl (C=O) groups excluding carboxylic acids is 3. The average molecular weight is 468 g/mol. The molecule has 0 aliphatic carbocycles. The van der Waals surface area contributed by atoms with Gasteiger partial charge in [-0.05, 0) is 24.1 Å². The Balaban J connectivity index is 1.85. The zero-order valence-corrected chi connectivity index (χ0v) is 18.7. The summed E-state index contributed by atoms with van der Waals surface area (Å²) in [6, 6.07) is 17.0. The molecule has 9 heteroatoms. The summed E-state index contributed by atoms with van der Waals surface area (Å²) in [5, 5.41) is 15.3. The summed E-state index contributed by atoms with van der Waals surface area (Å²) in [6.45, 7) is 1.95. The van der Waals surface area contributed by atoms with E-state index in [-0.39, 0.29) is 34.4 Å². The van der Waals surface area contributed by atoms with Gasteiger partial charge in [-0.15, -0.1) is 0 Å². The number of hydrogen-bond acceptors (Lipinski definition) is 6. The number of rotatable bonds is 8. The topological polar surface area (TPSA) is 108 Å². The molecular weight excluding hydrogens is 445 g/mol. The van der Waals surface area contributed by atoms with Crippen molar-refractivity contribution >= 4 is 29.5 Å². The minimum absolute atomic E-state index is 0.00128. The number of ether oxygens (including phenoxy) is 1. The van der Waals surface area contributed by atoms with Gasteiger partial charge in [-0.3, -0.25) is 14.4 Å². The maximum Gasteiger partial charge on any atom is 0.319 e. The highest BCUT2D eigenvalue weighted by Gasteiger charge is 2.45. The lowest BCUT2D eigenvalue weighted by molar-refractivity contribution is -0.152. The molecule has 33 heavy (non-hydrogen) atoms. The lowest BCUT2D eigenvalue weighted by Crippen LogP contribution is -2.44. The molecular formula is C24H22FN3O4S. The zero-order chi connectivity index (χ0) is 23.8. The maximum atomic E-state index is 14.6.